The number of anilines is 2. The summed E-state index contributed by atoms with van der Waals surface area (Å²) in [5.74, 6) is 2.74. The Balaban J connectivity index is 0.972. The van der Waals surface area contributed by atoms with Gasteiger partial charge in [0.15, 0.2) is 22.6 Å². The van der Waals surface area contributed by atoms with Crippen LogP contribution in [-0.2, 0) is 17.7 Å². The van der Waals surface area contributed by atoms with E-state index in [9.17, 15) is 4.55 Å². The Kier molecular flexibility index (Phi) is 6.88. The lowest BCUT2D eigenvalue weighted by Crippen LogP contribution is -2.47. The second-order valence-corrected chi connectivity index (χ2v) is 12.0. The number of aromatic nitrogens is 6. The van der Waals surface area contributed by atoms with E-state index in [-0.39, 0.29) is 17.9 Å². The van der Waals surface area contributed by atoms with Gasteiger partial charge in [-0.15, -0.1) is 5.10 Å². The van der Waals surface area contributed by atoms with Crippen molar-refractivity contribution in [1.29, 1.82) is 0 Å². The Morgan fingerprint density at radius 2 is 1.90 bits per heavy atom. The first-order valence-electron chi connectivity index (χ1n) is 13.7. The number of piperazine rings is 1. The number of imidazole rings is 1. The first kappa shape index (κ1) is 26.0. The van der Waals surface area contributed by atoms with Crippen molar-refractivity contribution in [2.45, 2.75) is 25.5 Å². The van der Waals surface area contributed by atoms with Gasteiger partial charge in [0.05, 0.1) is 18.3 Å². The molecule has 0 amide bonds. The SMILES string of the molecule is Nc1nc2c(ncn2CCN2CCN(c3ccc(OC4CC[S+]([O-])CC4)cc3F)CC2)c2nc(-c3ccco3)nn12. The standard InChI is InChI=1S/C27H30FN9O3S/c28-20-16-19(40-18-5-14-41(38)15-6-18)3-4-21(20)35-10-7-34(8-11-35)9-12-36-17-30-23-25(36)32-27(29)37-26(23)31-24(33-37)22-2-1-13-39-22/h1-4,13,16-18H,5-12,14-15H2,(H2,29,32). The molecule has 6 heterocycles. The zero-order valence-electron chi connectivity index (χ0n) is 22.4. The minimum Gasteiger partial charge on any atom is -0.616 e. The number of nitrogens with two attached hydrogens (primary N) is 1. The van der Waals surface area contributed by atoms with E-state index in [1.54, 1.807) is 30.8 Å². The monoisotopic (exact) mass is 579 g/mol. The van der Waals surface area contributed by atoms with Crippen LogP contribution < -0.4 is 15.4 Å². The van der Waals surface area contributed by atoms with Crippen molar-refractivity contribution in [3.05, 3.63) is 48.7 Å². The number of nitrogen functional groups attached to an aromatic ring is 1. The molecule has 0 aliphatic carbocycles. The maximum absolute atomic E-state index is 15.0. The van der Waals surface area contributed by atoms with Crippen molar-refractivity contribution in [2.24, 2.45) is 0 Å². The highest BCUT2D eigenvalue weighted by atomic mass is 32.2. The molecule has 0 unspecified atom stereocenters. The summed E-state index contributed by atoms with van der Waals surface area (Å²) < 4.78 is 41.4. The molecule has 4 aromatic heterocycles. The maximum Gasteiger partial charge on any atom is 0.225 e. The van der Waals surface area contributed by atoms with Gasteiger partial charge in [-0.1, -0.05) is 11.2 Å². The molecule has 0 spiro atoms. The molecule has 0 bridgehead atoms. The largest absolute Gasteiger partial charge is 0.616 e. The van der Waals surface area contributed by atoms with Gasteiger partial charge in [0.1, 0.15) is 29.2 Å². The third kappa shape index (κ3) is 5.18. The minimum absolute atomic E-state index is 0.00218. The number of hydrogen-bond acceptors (Lipinski definition) is 10. The Bertz CT molecular complexity index is 1660. The second-order valence-electron chi connectivity index (χ2n) is 10.3. The van der Waals surface area contributed by atoms with E-state index in [0.717, 1.165) is 45.6 Å². The summed E-state index contributed by atoms with van der Waals surface area (Å²) in [6.07, 6.45) is 4.81. The molecule has 2 fully saturated rings. The average molecular weight is 580 g/mol. The molecule has 0 atom stereocenters. The van der Waals surface area contributed by atoms with Crippen molar-refractivity contribution in [3.8, 4) is 17.3 Å². The highest BCUT2D eigenvalue weighted by Crippen LogP contribution is 2.28. The van der Waals surface area contributed by atoms with Crippen molar-refractivity contribution < 1.29 is 18.1 Å². The van der Waals surface area contributed by atoms with Crippen LogP contribution in [0.3, 0.4) is 0 Å². The molecular formula is C27H30FN9O3S. The summed E-state index contributed by atoms with van der Waals surface area (Å²) in [4.78, 5) is 18.1. The summed E-state index contributed by atoms with van der Waals surface area (Å²) in [5, 5.41) is 4.42. The quantitative estimate of drug-likeness (QED) is 0.286. The van der Waals surface area contributed by atoms with Gasteiger partial charge in [0.2, 0.25) is 11.8 Å². The zero-order valence-corrected chi connectivity index (χ0v) is 23.2. The summed E-state index contributed by atoms with van der Waals surface area (Å²) in [7, 11) is 0. The normalized spacial score (nSPS) is 20.3. The first-order chi connectivity index (χ1) is 20.0. The van der Waals surface area contributed by atoms with Crippen molar-refractivity contribution in [1.82, 2.24) is 34.0 Å². The van der Waals surface area contributed by atoms with Crippen LogP contribution in [0.25, 0.3) is 28.4 Å². The Hall–Kier alpha value is -3.88. The summed E-state index contributed by atoms with van der Waals surface area (Å²) in [6.45, 7) is 4.51. The first-order valence-corrected chi connectivity index (χ1v) is 15.2. The van der Waals surface area contributed by atoms with E-state index in [4.69, 9.17) is 14.9 Å². The van der Waals surface area contributed by atoms with E-state index in [1.807, 2.05) is 10.6 Å². The van der Waals surface area contributed by atoms with E-state index in [1.165, 1.54) is 10.6 Å². The molecule has 12 nitrogen and oxygen atoms in total. The third-order valence-electron chi connectivity index (χ3n) is 7.74. The Morgan fingerprint density at radius 3 is 2.66 bits per heavy atom. The highest BCUT2D eigenvalue weighted by Gasteiger charge is 2.25. The van der Waals surface area contributed by atoms with Crippen LogP contribution >= 0.6 is 0 Å². The van der Waals surface area contributed by atoms with E-state index in [2.05, 4.69) is 29.9 Å². The number of halogens is 1. The molecule has 2 saturated heterocycles. The van der Waals surface area contributed by atoms with Gasteiger partial charge in [-0.3, -0.25) is 4.90 Å². The molecule has 14 heteroatoms. The van der Waals surface area contributed by atoms with Gasteiger partial charge in [0.25, 0.3) is 0 Å². The second kappa shape index (κ2) is 10.8. The van der Waals surface area contributed by atoms with E-state index >= 15 is 4.39 Å². The minimum atomic E-state index is -0.747. The molecule has 0 saturated carbocycles. The van der Waals surface area contributed by atoms with Crippen LogP contribution in [0.5, 0.6) is 5.75 Å². The van der Waals surface area contributed by atoms with Crippen LogP contribution in [0.4, 0.5) is 16.0 Å². The molecule has 2 N–H and O–H groups in total. The van der Waals surface area contributed by atoms with Gasteiger partial charge in [-0.2, -0.15) is 9.50 Å². The van der Waals surface area contributed by atoms with Gasteiger partial charge in [-0.05, 0) is 24.3 Å². The predicted molar refractivity (Wildman–Crippen MR) is 153 cm³/mol. The Labute approximate surface area is 238 Å². The number of ether oxygens (including phenoxy) is 1. The molecule has 41 heavy (non-hydrogen) atoms. The smallest absolute Gasteiger partial charge is 0.225 e. The fourth-order valence-corrected chi connectivity index (χ4v) is 6.72. The van der Waals surface area contributed by atoms with Crippen molar-refractivity contribution in [3.63, 3.8) is 0 Å². The molecular weight excluding hydrogens is 549 g/mol. The lowest BCUT2D eigenvalue weighted by molar-refractivity contribution is 0.189. The molecule has 0 radical (unpaired) electrons. The Morgan fingerprint density at radius 1 is 1.07 bits per heavy atom. The number of furan rings is 1. The van der Waals surface area contributed by atoms with Crippen LogP contribution in [0.2, 0.25) is 0 Å². The molecule has 2 aliphatic heterocycles. The summed E-state index contributed by atoms with van der Waals surface area (Å²) >= 11 is -0.747. The van der Waals surface area contributed by atoms with Gasteiger partial charge in [0, 0.05) is 58.2 Å². The number of rotatable bonds is 7. The van der Waals surface area contributed by atoms with E-state index in [0.29, 0.717) is 57.9 Å². The molecule has 2 aliphatic rings. The lowest BCUT2D eigenvalue weighted by Gasteiger charge is -2.36. The maximum atomic E-state index is 15.0. The fourth-order valence-electron chi connectivity index (χ4n) is 5.47. The lowest BCUT2D eigenvalue weighted by atomic mass is 10.2. The number of hydrogen-bond donors (Lipinski definition) is 1. The van der Waals surface area contributed by atoms with Crippen LogP contribution in [0.1, 0.15) is 12.8 Å². The van der Waals surface area contributed by atoms with E-state index < -0.39 is 11.2 Å². The van der Waals surface area contributed by atoms with Gasteiger partial charge in [-0.25, -0.2) is 14.4 Å². The van der Waals surface area contributed by atoms with Gasteiger partial charge >= 0.3 is 0 Å². The molecule has 7 rings (SSSR count). The molecule has 1 aromatic carbocycles. The zero-order chi connectivity index (χ0) is 27.9. The number of nitrogens with zero attached hydrogens (tertiary/aromatic N) is 8. The van der Waals surface area contributed by atoms with Crippen LogP contribution in [-0.4, -0.2) is 88.9 Å². The van der Waals surface area contributed by atoms with Crippen LogP contribution in [0.15, 0.2) is 47.3 Å². The van der Waals surface area contributed by atoms with Gasteiger partial charge < -0.3 is 28.9 Å². The number of fused-ring (bicyclic) bond motifs is 3. The van der Waals surface area contributed by atoms with Crippen molar-refractivity contribution >= 4 is 39.6 Å². The molecule has 5 aromatic rings. The molecule has 214 valence electrons. The summed E-state index contributed by atoms with van der Waals surface area (Å²) in [5.41, 5.74) is 8.60. The predicted octanol–water partition coefficient (Wildman–Crippen LogP) is 2.57. The fraction of sp³-hybridized carbons (Fsp3) is 0.407. The summed E-state index contributed by atoms with van der Waals surface area (Å²) in [6, 6.07) is 8.68. The number of benzene rings is 1. The average Bonchev–Trinajstić information content (AvgIpc) is 3.74. The topological polar surface area (TPSA) is 139 Å². The highest BCUT2D eigenvalue weighted by molar-refractivity contribution is 7.91. The van der Waals surface area contributed by atoms with Crippen LogP contribution in [0, 0.1) is 5.82 Å². The van der Waals surface area contributed by atoms with Crippen molar-refractivity contribution in [2.75, 3.05) is 54.9 Å². The third-order valence-corrected chi connectivity index (χ3v) is 9.12.